The normalized spacial score (nSPS) is 10.9. The highest BCUT2D eigenvalue weighted by Crippen LogP contribution is 2.27. The highest BCUT2D eigenvalue weighted by molar-refractivity contribution is 7.99. The zero-order chi connectivity index (χ0) is 16.1. The van der Waals surface area contributed by atoms with Crippen LogP contribution in [-0.2, 0) is 4.74 Å². The van der Waals surface area contributed by atoms with E-state index in [9.17, 15) is 4.39 Å². The van der Waals surface area contributed by atoms with Crippen molar-refractivity contribution in [3.63, 3.8) is 0 Å². The molecule has 0 spiro atoms. The van der Waals surface area contributed by atoms with E-state index in [1.807, 2.05) is 34.9 Å². The molecule has 0 aliphatic rings. The molecule has 0 bridgehead atoms. The second-order valence-corrected chi connectivity index (χ2v) is 5.89. The highest BCUT2D eigenvalue weighted by atomic mass is 32.2. The molecule has 0 saturated carbocycles. The van der Waals surface area contributed by atoms with Crippen molar-refractivity contribution in [3.8, 4) is 17.1 Å². The lowest BCUT2D eigenvalue weighted by Gasteiger charge is -2.10. The first kappa shape index (κ1) is 15.7. The monoisotopic (exact) mass is 329 g/mol. The average molecular weight is 329 g/mol. The van der Waals surface area contributed by atoms with Gasteiger partial charge in [-0.3, -0.25) is 4.57 Å². The molecule has 0 radical (unpaired) electrons. The van der Waals surface area contributed by atoms with Crippen molar-refractivity contribution < 1.29 is 9.13 Å². The topological polar surface area (TPSA) is 39.9 Å². The third-order valence-electron chi connectivity index (χ3n) is 3.27. The van der Waals surface area contributed by atoms with Crippen LogP contribution in [0.1, 0.15) is 0 Å². The maximum atomic E-state index is 13.2. The predicted molar refractivity (Wildman–Crippen MR) is 89.4 cm³/mol. The number of hydrogen-bond acceptors (Lipinski definition) is 4. The van der Waals surface area contributed by atoms with Crippen LogP contribution in [0, 0.1) is 5.82 Å². The molecule has 0 saturated heterocycles. The molecule has 4 nitrogen and oxygen atoms in total. The smallest absolute Gasteiger partial charge is 0.196 e. The van der Waals surface area contributed by atoms with Crippen molar-refractivity contribution in [2.24, 2.45) is 0 Å². The fourth-order valence-electron chi connectivity index (χ4n) is 2.18. The lowest BCUT2D eigenvalue weighted by Crippen LogP contribution is -2.01. The van der Waals surface area contributed by atoms with Gasteiger partial charge in [0.2, 0.25) is 0 Å². The number of benzene rings is 2. The molecule has 2 aromatic carbocycles. The van der Waals surface area contributed by atoms with Crippen LogP contribution in [0.4, 0.5) is 4.39 Å². The van der Waals surface area contributed by atoms with Gasteiger partial charge in [-0.25, -0.2) is 4.39 Å². The lowest BCUT2D eigenvalue weighted by molar-refractivity contribution is 0.218. The van der Waals surface area contributed by atoms with Crippen molar-refractivity contribution >= 4 is 11.8 Å². The van der Waals surface area contributed by atoms with Gasteiger partial charge in [0.05, 0.1) is 6.61 Å². The molecule has 3 rings (SSSR count). The Kier molecular flexibility index (Phi) is 5.05. The molecule has 0 unspecified atom stereocenters. The Morgan fingerprint density at radius 3 is 2.48 bits per heavy atom. The fourth-order valence-corrected chi connectivity index (χ4v) is 3.03. The zero-order valence-corrected chi connectivity index (χ0v) is 13.5. The highest BCUT2D eigenvalue weighted by Gasteiger charge is 2.15. The summed E-state index contributed by atoms with van der Waals surface area (Å²) in [6, 6.07) is 16.2. The number of hydrogen-bond donors (Lipinski definition) is 0. The summed E-state index contributed by atoms with van der Waals surface area (Å²) < 4.78 is 20.3. The number of methoxy groups -OCH3 is 1. The minimum atomic E-state index is -0.267. The van der Waals surface area contributed by atoms with E-state index >= 15 is 0 Å². The third-order valence-corrected chi connectivity index (χ3v) is 4.16. The van der Waals surface area contributed by atoms with E-state index < -0.39 is 0 Å². The number of halogens is 1. The molecule has 0 fully saturated rings. The minimum Gasteiger partial charge on any atom is -0.384 e. The molecule has 23 heavy (non-hydrogen) atoms. The van der Waals surface area contributed by atoms with Crippen LogP contribution >= 0.6 is 11.8 Å². The van der Waals surface area contributed by atoms with E-state index in [-0.39, 0.29) is 5.82 Å². The molecule has 0 aliphatic heterocycles. The molecule has 6 heteroatoms. The van der Waals surface area contributed by atoms with Crippen LogP contribution in [0.25, 0.3) is 17.1 Å². The van der Waals surface area contributed by atoms with E-state index in [4.69, 9.17) is 4.74 Å². The second kappa shape index (κ2) is 7.39. The maximum Gasteiger partial charge on any atom is 0.196 e. The summed E-state index contributed by atoms with van der Waals surface area (Å²) in [5, 5.41) is 9.37. The number of rotatable bonds is 6. The van der Waals surface area contributed by atoms with Gasteiger partial charge in [0.25, 0.3) is 0 Å². The SMILES string of the molecule is COCCSc1nnc(-c2ccccc2)n1-c1ccc(F)cc1. The summed E-state index contributed by atoms with van der Waals surface area (Å²) in [6.45, 7) is 0.627. The van der Waals surface area contributed by atoms with E-state index in [1.165, 1.54) is 12.1 Å². The van der Waals surface area contributed by atoms with Gasteiger partial charge < -0.3 is 4.74 Å². The summed E-state index contributed by atoms with van der Waals surface area (Å²) in [7, 11) is 1.67. The predicted octanol–water partition coefficient (Wildman–Crippen LogP) is 3.81. The largest absolute Gasteiger partial charge is 0.384 e. The first-order chi connectivity index (χ1) is 11.3. The maximum absolute atomic E-state index is 13.2. The summed E-state index contributed by atoms with van der Waals surface area (Å²) >= 11 is 1.56. The van der Waals surface area contributed by atoms with E-state index in [0.29, 0.717) is 6.61 Å². The number of ether oxygens (including phenoxy) is 1. The molecule has 0 aliphatic carbocycles. The third kappa shape index (κ3) is 3.60. The Morgan fingerprint density at radius 1 is 1.04 bits per heavy atom. The van der Waals surface area contributed by atoms with Gasteiger partial charge in [-0.1, -0.05) is 42.1 Å². The van der Waals surface area contributed by atoms with Gasteiger partial charge in [-0.05, 0) is 24.3 Å². The van der Waals surface area contributed by atoms with Crippen molar-refractivity contribution in [1.82, 2.24) is 14.8 Å². The van der Waals surface area contributed by atoms with Crippen molar-refractivity contribution in [2.45, 2.75) is 5.16 Å². The Balaban J connectivity index is 2.04. The first-order valence-electron chi connectivity index (χ1n) is 7.18. The molecular weight excluding hydrogens is 313 g/mol. The van der Waals surface area contributed by atoms with Crippen LogP contribution in [0.3, 0.4) is 0 Å². The summed E-state index contributed by atoms with van der Waals surface area (Å²) in [6.07, 6.45) is 0. The molecule has 3 aromatic rings. The second-order valence-electron chi connectivity index (χ2n) is 4.83. The Bertz CT molecular complexity index is 759. The summed E-state index contributed by atoms with van der Waals surface area (Å²) in [5.74, 6) is 1.23. The van der Waals surface area contributed by atoms with E-state index in [2.05, 4.69) is 10.2 Å². The Hall–Kier alpha value is -2.18. The zero-order valence-electron chi connectivity index (χ0n) is 12.6. The Labute approximate surface area is 138 Å². The number of aromatic nitrogens is 3. The van der Waals surface area contributed by atoms with Crippen LogP contribution < -0.4 is 0 Å². The van der Waals surface area contributed by atoms with Gasteiger partial charge >= 0.3 is 0 Å². The van der Waals surface area contributed by atoms with Crippen LogP contribution in [0.2, 0.25) is 0 Å². The quantitative estimate of drug-likeness (QED) is 0.509. The summed E-state index contributed by atoms with van der Waals surface area (Å²) in [4.78, 5) is 0. The van der Waals surface area contributed by atoms with Gasteiger partial charge in [0.15, 0.2) is 11.0 Å². The molecule has 1 aromatic heterocycles. The molecule has 0 amide bonds. The minimum absolute atomic E-state index is 0.267. The van der Waals surface area contributed by atoms with E-state index in [0.717, 1.165) is 28.0 Å². The summed E-state index contributed by atoms with van der Waals surface area (Å²) in [5.41, 5.74) is 1.79. The van der Waals surface area contributed by atoms with Crippen LogP contribution in [-0.4, -0.2) is 34.2 Å². The molecule has 0 N–H and O–H groups in total. The first-order valence-corrected chi connectivity index (χ1v) is 8.16. The molecule has 118 valence electrons. The van der Waals surface area contributed by atoms with Gasteiger partial charge in [-0.2, -0.15) is 0 Å². The lowest BCUT2D eigenvalue weighted by atomic mass is 10.2. The van der Waals surface area contributed by atoms with Crippen LogP contribution in [0.5, 0.6) is 0 Å². The molecule has 0 atom stereocenters. The number of thioether (sulfide) groups is 1. The van der Waals surface area contributed by atoms with Crippen LogP contribution in [0.15, 0.2) is 59.8 Å². The fraction of sp³-hybridized carbons (Fsp3) is 0.176. The molecular formula is C17H16FN3OS. The van der Waals surface area contributed by atoms with Gasteiger partial charge in [0, 0.05) is 24.1 Å². The van der Waals surface area contributed by atoms with Crippen molar-refractivity contribution in [2.75, 3.05) is 19.5 Å². The van der Waals surface area contributed by atoms with Gasteiger partial charge in [-0.15, -0.1) is 10.2 Å². The molecule has 1 heterocycles. The van der Waals surface area contributed by atoms with Gasteiger partial charge in [0.1, 0.15) is 5.82 Å². The Morgan fingerprint density at radius 2 is 1.78 bits per heavy atom. The van der Waals surface area contributed by atoms with Crippen molar-refractivity contribution in [3.05, 3.63) is 60.4 Å². The average Bonchev–Trinajstić information content (AvgIpc) is 3.00. The standard InChI is InChI=1S/C17H16FN3OS/c1-22-11-12-23-17-20-19-16(13-5-3-2-4-6-13)21(17)15-9-7-14(18)8-10-15/h2-10H,11-12H2,1H3. The van der Waals surface area contributed by atoms with Crippen molar-refractivity contribution in [1.29, 1.82) is 0 Å². The van der Waals surface area contributed by atoms with E-state index in [1.54, 1.807) is 31.0 Å². The number of nitrogens with zero attached hydrogens (tertiary/aromatic N) is 3.